The van der Waals surface area contributed by atoms with E-state index in [2.05, 4.69) is 21.2 Å². The van der Waals surface area contributed by atoms with Crippen molar-refractivity contribution in [1.82, 2.24) is 4.31 Å². The molecule has 0 aromatic heterocycles. The zero-order valence-electron chi connectivity index (χ0n) is 16.3. The van der Waals surface area contributed by atoms with Gasteiger partial charge in [0.05, 0.1) is 16.8 Å². The first kappa shape index (κ1) is 22.7. The molecule has 2 aromatic carbocycles. The molecule has 3 rings (SSSR count). The monoisotopic (exact) mass is 515 g/mol. The molecule has 1 N–H and O–H groups in total. The van der Waals surface area contributed by atoms with Crippen LogP contribution in [0.5, 0.6) is 0 Å². The van der Waals surface area contributed by atoms with Crippen molar-refractivity contribution in [2.45, 2.75) is 17.7 Å². The van der Waals surface area contributed by atoms with E-state index in [9.17, 15) is 21.6 Å². The first-order chi connectivity index (χ1) is 14.1. The molecule has 0 spiro atoms. The van der Waals surface area contributed by atoms with Gasteiger partial charge in [-0.15, -0.1) is 0 Å². The summed E-state index contributed by atoms with van der Waals surface area (Å²) in [6.07, 6.45) is 2.73. The van der Waals surface area contributed by atoms with Crippen LogP contribution < -0.4 is 9.62 Å². The van der Waals surface area contributed by atoms with E-state index in [4.69, 9.17) is 0 Å². The molecule has 1 saturated heterocycles. The number of sulfonamides is 2. The maximum atomic E-state index is 12.6. The largest absolute Gasteiger partial charge is 0.325 e. The van der Waals surface area contributed by atoms with Crippen LogP contribution in [-0.2, 0) is 24.8 Å². The van der Waals surface area contributed by atoms with Crippen molar-refractivity contribution < 1.29 is 21.6 Å². The zero-order valence-corrected chi connectivity index (χ0v) is 19.5. The number of amides is 1. The quantitative estimate of drug-likeness (QED) is 0.610. The summed E-state index contributed by atoms with van der Waals surface area (Å²) >= 11 is 3.29. The number of halogens is 1. The lowest BCUT2D eigenvalue weighted by Crippen LogP contribution is -2.37. The molecule has 30 heavy (non-hydrogen) atoms. The number of nitrogens with zero attached hydrogens (tertiary/aromatic N) is 2. The van der Waals surface area contributed by atoms with Gasteiger partial charge in [-0.05, 0) is 55.3 Å². The zero-order chi connectivity index (χ0) is 21.9. The van der Waals surface area contributed by atoms with Gasteiger partial charge in [-0.25, -0.2) is 16.8 Å². The number of nitrogens with one attached hydrogen (secondary N) is 1. The molecule has 1 fully saturated rings. The van der Waals surface area contributed by atoms with Crippen LogP contribution in [0.1, 0.15) is 12.8 Å². The number of hydrogen-bond acceptors (Lipinski definition) is 5. The summed E-state index contributed by atoms with van der Waals surface area (Å²) in [5, 5.41) is 2.61. The van der Waals surface area contributed by atoms with Crippen molar-refractivity contribution in [3.8, 4) is 0 Å². The van der Waals surface area contributed by atoms with Crippen molar-refractivity contribution in [3.05, 3.63) is 53.0 Å². The van der Waals surface area contributed by atoms with Crippen LogP contribution in [-0.4, -0.2) is 52.9 Å². The maximum Gasteiger partial charge on any atom is 0.245 e. The van der Waals surface area contributed by atoms with Crippen molar-refractivity contribution in [1.29, 1.82) is 0 Å². The topological polar surface area (TPSA) is 104 Å². The van der Waals surface area contributed by atoms with Crippen LogP contribution in [0.25, 0.3) is 0 Å². The second-order valence-corrected chi connectivity index (χ2v) is 11.7. The fourth-order valence-corrected chi connectivity index (χ4v) is 5.90. The minimum atomic E-state index is -3.69. The van der Waals surface area contributed by atoms with E-state index in [0.717, 1.165) is 23.4 Å². The van der Waals surface area contributed by atoms with Crippen molar-refractivity contribution >= 4 is 53.3 Å². The third kappa shape index (κ3) is 5.39. The average Bonchev–Trinajstić information content (AvgIpc) is 3.21. The maximum absolute atomic E-state index is 12.6. The summed E-state index contributed by atoms with van der Waals surface area (Å²) in [5.41, 5.74) is 0.733. The third-order valence-electron chi connectivity index (χ3n) is 4.62. The van der Waals surface area contributed by atoms with E-state index in [1.165, 1.54) is 28.6 Å². The predicted octanol–water partition coefficient (Wildman–Crippen LogP) is 2.64. The van der Waals surface area contributed by atoms with Gasteiger partial charge < -0.3 is 5.32 Å². The minimum Gasteiger partial charge on any atom is -0.325 e. The number of carbonyl (C=O) groups is 1. The summed E-state index contributed by atoms with van der Waals surface area (Å²) < 4.78 is 52.6. The fraction of sp³-hybridized carbons (Fsp3) is 0.316. The van der Waals surface area contributed by atoms with Gasteiger partial charge in [-0.1, -0.05) is 22.0 Å². The highest BCUT2D eigenvalue weighted by atomic mass is 79.9. The third-order valence-corrected chi connectivity index (χ3v) is 8.17. The molecule has 11 heteroatoms. The molecule has 0 atom stereocenters. The van der Waals surface area contributed by atoms with Gasteiger partial charge in [-0.3, -0.25) is 9.10 Å². The Labute approximate surface area is 185 Å². The minimum absolute atomic E-state index is 0.161. The first-order valence-electron chi connectivity index (χ1n) is 9.21. The summed E-state index contributed by atoms with van der Waals surface area (Å²) in [4.78, 5) is 12.6. The Hall–Kier alpha value is -1.95. The van der Waals surface area contributed by atoms with E-state index in [0.29, 0.717) is 28.9 Å². The van der Waals surface area contributed by atoms with Gasteiger partial charge in [0.1, 0.15) is 6.54 Å². The van der Waals surface area contributed by atoms with Gasteiger partial charge in [0, 0.05) is 23.2 Å². The number of anilines is 2. The Balaban J connectivity index is 1.72. The predicted molar refractivity (Wildman–Crippen MR) is 119 cm³/mol. The summed E-state index contributed by atoms with van der Waals surface area (Å²) in [6, 6.07) is 12.5. The molecule has 8 nitrogen and oxygen atoms in total. The Bertz CT molecular complexity index is 1130. The molecule has 1 aliphatic heterocycles. The van der Waals surface area contributed by atoms with E-state index in [1.807, 2.05) is 0 Å². The molecular formula is C19H22BrN3O5S2. The van der Waals surface area contributed by atoms with Crippen molar-refractivity contribution in [3.63, 3.8) is 0 Å². The first-order valence-corrected chi connectivity index (χ1v) is 13.3. The Morgan fingerprint density at radius 2 is 1.70 bits per heavy atom. The summed E-state index contributed by atoms with van der Waals surface area (Å²) in [6.45, 7) is 0.610. The molecule has 162 valence electrons. The molecular weight excluding hydrogens is 494 g/mol. The van der Waals surface area contributed by atoms with Crippen LogP contribution in [0.4, 0.5) is 11.4 Å². The van der Waals surface area contributed by atoms with Crippen LogP contribution >= 0.6 is 15.9 Å². The molecule has 0 unspecified atom stereocenters. The van der Waals surface area contributed by atoms with Crippen LogP contribution in [0.2, 0.25) is 0 Å². The Kier molecular flexibility index (Phi) is 6.85. The second-order valence-electron chi connectivity index (χ2n) is 6.93. The number of benzene rings is 2. The van der Waals surface area contributed by atoms with Crippen molar-refractivity contribution in [2.24, 2.45) is 0 Å². The Morgan fingerprint density at radius 1 is 1.07 bits per heavy atom. The van der Waals surface area contributed by atoms with E-state index >= 15 is 0 Å². The molecule has 0 aliphatic carbocycles. The van der Waals surface area contributed by atoms with Crippen LogP contribution in [0.3, 0.4) is 0 Å². The SMILES string of the molecule is CS(=O)(=O)N(CC(=O)Nc1ccc(S(=O)(=O)N2CCCC2)cc1)c1cccc(Br)c1. The van der Waals surface area contributed by atoms with Gasteiger partial charge >= 0.3 is 0 Å². The normalized spacial score (nSPS) is 15.1. The summed E-state index contributed by atoms with van der Waals surface area (Å²) in [7, 11) is -7.22. The number of carbonyl (C=O) groups excluding carboxylic acids is 1. The summed E-state index contributed by atoms with van der Waals surface area (Å²) in [5.74, 6) is -0.546. The lowest BCUT2D eigenvalue weighted by Gasteiger charge is -2.22. The highest BCUT2D eigenvalue weighted by molar-refractivity contribution is 9.10. The van der Waals surface area contributed by atoms with Crippen LogP contribution in [0, 0.1) is 0 Å². The van der Waals surface area contributed by atoms with E-state index < -0.39 is 32.5 Å². The highest BCUT2D eigenvalue weighted by Gasteiger charge is 2.27. The average molecular weight is 516 g/mol. The molecule has 1 heterocycles. The van der Waals surface area contributed by atoms with Crippen LogP contribution in [0.15, 0.2) is 57.9 Å². The van der Waals surface area contributed by atoms with Gasteiger partial charge in [-0.2, -0.15) is 4.31 Å². The van der Waals surface area contributed by atoms with E-state index in [1.54, 1.807) is 24.3 Å². The Morgan fingerprint density at radius 3 is 2.27 bits per heavy atom. The molecule has 0 bridgehead atoms. The van der Waals surface area contributed by atoms with Gasteiger partial charge in [0.2, 0.25) is 26.0 Å². The standard InChI is InChI=1S/C19H22BrN3O5S2/c1-29(25,26)23(17-6-4-5-15(20)13-17)14-19(24)21-16-7-9-18(10-8-16)30(27,28)22-11-2-3-12-22/h4-10,13H,2-3,11-12,14H2,1H3,(H,21,24). The molecule has 0 radical (unpaired) electrons. The van der Waals surface area contributed by atoms with Crippen molar-refractivity contribution in [2.75, 3.05) is 35.5 Å². The molecule has 0 saturated carbocycles. The molecule has 1 aliphatic rings. The van der Waals surface area contributed by atoms with E-state index in [-0.39, 0.29) is 4.90 Å². The second kappa shape index (κ2) is 9.04. The smallest absolute Gasteiger partial charge is 0.245 e. The fourth-order valence-electron chi connectivity index (χ4n) is 3.15. The molecule has 2 aromatic rings. The van der Waals surface area contributed by atoms with Gasteiger partial charge in [0.15, 0.2) is 0 Å². The molecule has 1 amide bonds. The number of hydrogen-bond donors (Lipinski definition) is 1. The highest BCUT2D eigenvalue weighted by Crippen LogP contribution is 2.24. The lowest BCUT2D eigenvalue weighted by molar-refractivity contribution is -0.114. The lowest BCUT2D eigenvalue weighted by atomic mass is 10.3. The number of rotatable bonds is 7. The van der Waals surface area contributed by atoms with Gasteiger partial charge in [0.25, 0.3) is 0 Å².